The Morgan fingerprint density at radius 3 is 2.78 bits per heavy atom. The Balaban J connectivity index is 1.97. The number of thioether (sulfide) groups is 1. The van der Waals surface area contributed by atoms with E-state index in [9.17, 15) is 0 Å². The lowest BCUT2D eigenvalue weighted by Gasteiger charge is -2.33. The van der Waals surface area contributed by atoms with Crippen LogP contribution in [0, 0.1) is 11.3 Å². The molecule has 0 bridgehead atoms. The molecule has 1 aliphatic carbocycles. The number of nitrogens with zero attached hydrogens (tertiary/aromatic N) is 2. The topological polar surface area (TPSA) is 51.8 Å². The Morgan fingerprint density at radius 2 is 2.13 bits per heavy atom. The zero-order valence-corrected chi connectivity index (χ0v) is 16.0. The van der Waals surface area contributed by atoms with Gasteiger partial charge in [0.2, 0.25) is 0 Å². The standard InChI is InChI=1S/C18H25N3S2/c1-10(2)9-22-17-20-15(19)14-12-7-6-11(18(3,4)5)8-13(12)23-16(14)21-17/h11H,1,6-9H2,2-5H3,(H2,19,20,21). The van der Waals surface area contributed by atoms with Gasteiger partial charge < -0.3 is 5.73 Å². The molecule has 0 fully saturated rings. The Morgan fingerprint density at radius 1 is 1.39 bits per heavy atom. The highest BCUT2D eigenvalue weighted by Crippen LogP contribution is 2.44. The molecule has 0 saturated heterocycles. The minimum atomic E-state index is 0.355. The first kappa shape index (κ1) is 16.8. The first-order chi connectivity index (χ1) is 10.8. The molecule has 5 heteroatoms. The molecule has 124 valence electrons. The van der Waals surface area contributed by atoms with Crippen molar-refractivity contribution in [2.24, 2.45) is 11.3 Å². The van der Waals surface area contributed by atoms with Crippen LogP contribution in [-0.2, 0) is 12.8 Å². The lowest BCUT2D eigenvalue weighted by Crippen LogP contribution is -2.26. The Bertz CT molecular complexity index is 756. The van der Waals surface area contributed by atoms with E-state index in [1.807, 2.05) is 18.3 Å². The number of hydrogen-bond acceptors (Lipinski definition) is 5. The van der Waals surface area contributed by atoms with Crippen LogP contribution in [0.25, 0.3) is 10.2 Å². The highest BCUT2D eigenvalue weighted by atomic mass is 32.2. The van der Waals surface area contributed by atoms with E-state index in [0.29, 0.717) is 11.2 Å². The highest BCUT2D eigenvalue weighted by Gasteiger charge is 2.31. The van der Waals surface area contributed by atoms with E-state index in [1.54, 1.807) is 11.8 Å². The fourth-order valence-electron chi connectivity index (χ4n) is 3.18. The molecule has 0 saturated carbocycles. The molecule has 3 nitrogen and oxygen atoms in total. The zero-order valence-electron chi connectivity index (χ0n) is 14.4. The SMILES string of the molecule is C=C(C)CSc1nc(N)c2c3c(sc2n1)CC(C(C)(C)C)CC3. The molecule has 0 radical (unpaired) electrons. The third-order valence-corrected chi connectivity index (χ3v) is 6.81. The van der Waals surface area contributed by atoms with Crippen LogP contribution in [0.2, 0.25) is 0 Å². The van der Waals surface area contributed by atoms with Gasteiger partial charge in [-0.2, -0.15) is 0 Å². The summed E-state index contributed by atoms with van der Waals surface area (Å²) in [6, 6.07) is 0. The van der Waals surface area contributed by atoms with Gasteiger partial charge in [-0.1, -0.05) is 44.7 Å². The summed E-state index contributed by atoms with van der Waals surface area (Å²) in [6.07, 6.45) is 3.48. The molecule has 2 aromatic rings. The Hall–Kier alpha value is -1.07. The fraction of sp³-hybridized carbons (Fsp3) is 0.556. The molecule has 0 amide bonds. The Kier molecular flexibility index (Phi) is 4.45. The number of aryl methyl sites for hydroxylation is 1. The smallest absolute Gasteiger partial charge is 0.191 e. The summed E-state index contributed by atoms with van der Waals surface area (Å²) >= 11 is 3.43. The molecule has 23 heavy (non-hydrogen) atoms. The summed E-state index contributed by atoms with van der Waals surface area (Å²) in [6.45, 7) is 13.0. The lowest BCUT2D eigenvalue weighted by molar-refractivity contribution is 0.218. The molecule has 0 aliphatic heterocycles. The number of anilines is 1. The molecule has 0 spiro atoms. The van der Waals surface area contributed by atoms with Crippen LogP contribution in [0.4, 0.5) is 5.82 Å². The zero-order chi connectivity index (χ0) is 16.8. The fourth-order valence-corrected chi connectivity index (χ4v) is 5.24. The van der Waals surface area contributed by atoms with Crippen molar-refractivity contribution in [1.29, 1.82) is 0 Å². The van der Waals surface area contributed by atoms with E-state index >= 15 is 0 Å². The van der Waals surface area contributed by atoms with Crippen LogP contribution in [0.5, 0.6) is 0 Å². The number of rotatable bonds is 3. The third kappa shape index (κ3) is 3.41. The lowest BCUT2D eigenvalue weighted by atomic mass is 9.72. The van der Waals surface area contributed by atoms with Gasteiger partial charge in [0.1, 0.15) is 10.6 Å². The van der Waals surface area contributed by atoms with Crippen molar-refractivity contribution in [3.63, 3.8) is 0 Å². The number of nitrogen functional groups attached to an aromatic ring is 1. The second-order valence-electron chi connectivity index (χ2n) is 7.63. The summed E-state index contributed by atoms with van der Waals surface area (Å²) in [5.41, 5.74) is 9.15. The Labute approximate surface area is 146 Å². The average Bonchev–Trinajstić information content (AvgIpc) is 2.81. The molecule has 2 N–H and O–H groups in total. The normalized spacial score (nSPS) is 18.2. The minimum absolute atomic E-state index is 0.355. The maximum Gasteiger partial charge on any atom is 0.191 e. The summed E-state index contributed by atoms with van der Waals surface area (Å²) in [7, 11) is 0. The molecule has 1 unspecified atom stereocenters. The van der Waals surface area contributed by atoms with Crippen molar-refractivity contribution in [1.82, 2.24) is 9.97 Å². The van der Waals surface area contributed by atoms with Crippen LogP contribution in [0.3, 0.4) is 0 Å². The van der Waals surface area contributed by atoms with E-state index in [1.165, 1.54) is 16.9 Å². The third-order valence-electron chi connectivity index (χ3n) is 4.59. The van der Waals surface area contributed by atoms with Crippen molar-refractivity contribution in [3.05, 3.63) is 22.6 Å². The van der Waals surface area contributed by atoms with Gasteiger partial charge in [0.15, 0.2) is 5.16 Å². The summed E-state index contributed by atoms with van der Waals surface area (Å²) in [5.74, 6) is 2.21. The van der Waals surface area contributed by atoms with Crippen LogP contribution >= 0.6 is 23.1 Å². The maximum atomic E-state index is 6.27. The largest absolute Gasteiger partial charge is 0.383 e. The van der Waals surface area contributed by atoms with Crippen LogP contribution < -0.4 is 5.73 Å². The first-order valence-electron chi connectivity index (χ1n) is 8.10. The summed E-state index contributed by atoms with van der Waals surface area (Å²) in [5, 5.41) is 1.88. The van der Waals surface area contributed by atoms with Gasteiger partial charge in [-0.3, -0.25) is 0 Å². The average molecular weight is 348 g/mol. The summed E-state index contributed by atoms with van der Waals surface area (Å²) in [4.78, 5) is 11.8. The van der Waals surface area contributed by atoms with E-state index in [0.717, 1.165) is 45.5 Å². The van der Waals surface area contributed by atoms with Crippen LogP contribution in [0.1, 0.15) is 44.6 Å². The number of aromatic nitrogens is 2. The van der Waals surface area contributed by atoms with E-state index in [-0.39, 0.29) is 0 Å². The minimum Gasteiger partial charge on any atom is -0.383 e. The van der Waals surface area contributed by atoms with Gasteiger partial charge in [-0.05, 0) is 43.1 Å². The molecular formula is C18H25N3S2. The molecule has 1 atom stereocenters. The number of fused-ring (bicyclic) bond motifs is 3. The van der Waals surface area contributed by atoms with E-state index < -0.39 is 0 Å². The maximum absolute atomic E-state index is 6.27. The number of nitrogens with two attached hydrogens (primary N) is 1. The van der Waals surface area contributed by atoms with Gasteiger partial charge >= 0.3 is 0 Å². The molecular weight excluding hydrogens is 322 g/mol. The van der Waals surface area contributed by atoms with E-state index in [2.05, 4.69) is 32.3 Å². The molecule has 3 rings (SSSR count). The van der Waals surface area contributed by atoms with Crippen molar-refractivity contribution < 1.29 is 0 Å². The number of hydrogen-bond donors (Lipinski definition) is 1. The van der Waals surface area contributed by atoms with Crippen molar-refractivity contribution in [2.75, 3.05) is 11.5 Å². The molecule has 0 aromatic carbocycles. The van der Waals surface area contributed by atoms with Gasteiger partial charge in [-0.25, -0.2) is 9.97 Å². The second kappa shape index (κ2) is 6.10. The monoisotopic (exact) mass is 347 g/mol. The van der Waals surface area contributed by atoms with Crippen molar-refractivity contribution in [2.45, 2.75) is 52.1 Å². The summed E-state index contributed by atoms with van der Waals surface area (Å²) < 4.78 is 0. The van der Waals surface area contributed by atoms with E-state index in [4.69, 9.17) is 10.7 Å². The predicted molar refractivity (Wildman–Crippen MR) is 102 cm³/mol. The molecule has 2 aromatic heterocycles. The first-order valence-corrected chi connectivity index (χ1v) is 9.91. The molecule has 1 aliphatic rings. The highest BCUT2D eigenvalue weighted by molar-refractivity contribution is 7.99. The molecule has 2 heterocycles. The second-order valence-corrected chi connectivity index (χ2v) is 9.65. The quantitative estimate of drug-likeness (QED) is 0.477. The van der Waals surface area contributed by atoms with Crippen LogP contribution in [-0.4, -0.2) is 15.7 Å². The van der Waals surface area contributed by atoms with Gasteiger partial charge in [-0.15, -0.1) is 11.3 Å². The van der Waals surface area contributed by atoms with Gasteiger partial charge in [0.25, 0.3) is 0 Å². The van der Waals surface area contributed by atoms with Crippen LogP contribution in [0.15, 0.2) is 17.3 Å². The van der Waals surface area contributed by atoms with Crippen molar-refractivity contribution >= 4 is 39.1 Å². The van der Waals surface area contributed by atoms with Crippen molar-refractivity contribution in [3.8, 4) is 0 Å². The van der Waals surface area contributed by atoms with Gasteiger partial charge in [0.05, 0.1) is 5.39 Å². The number of thiophene rings is 1. The van der Waals surface area contributed by atoms with Gasteiger partial charge in [0, 0.05) is 10.6 Å². The predicted octanol–water partition coefficient (Wildman–Crippen LogP) is 5.09.